The van der Waals surface area contributed by atoms with Gasteiger partial charge >= 0.3 is 0 Å². The Balaban J connectivity index is 1.99. The fourth-order valence-electron chi connectivity index (χ4n) is 2.48. The molecule has 1 fully saturated rings. The average molecular weight is 283 g/mol. The number of anilines is 1. The van der Waals surface area contributed by atoms with Gasteiger partial charge in [-0.1, -0.05) is 0 Å². The Bertz CT molecular complexity index is 484. The lowest BCUT2D eigenvalue weighted by molar-refractivity contribution is 0.0946. The third-order valence-electron chi connectivity index (χ3n) is 3.59. The van der Waals surface area contributed by atoms with Gasteiger partial charge in [0.15, 0.2) is 0 Å². The van der Waals surface area contributed by atoms with E-state index in [4.69, 9.17) is 0 Å². The summed E-state index contributed by atoms with van der Waals surface area (Å²) in [5.41, 5.74) is -0.218. The van der Waals surface area contributed by atoms with Crippen LogP contribution < -0.4 is 10.6 Å². The van der Waals surface area contributed by atoms with Gasteiger partial charge < -0.3 is 15.5 Å². The van der Waals surface area contributed by atoms with E-state index in [1.165, 1.54) is 7.05 Å². The minimum atomic E-state index is -0.766. The third kappa shape index (κ3) is 3.25. The molecule has 1 aromatic rings. The molecule has 4 nitrogen and oxygen atoms in total. The number of amides is 1. The lowest BCUT2D eigenvalue weighted by Gasteiger charge is -2.12. The smallest absolute Gasteiger partial charge is 0.251 e. The van der Waals surface area contributed by atoms with Crippen molar-refractivity contribution in [2.24, 2.45) is 5.92 Å². The lowest BCUT2D eigenvalue weighted by Crippen LogP contribution is -2.30. The monoisotopic (exact) mass is 283 g/mol. The summed E-state index contributed by atoms with van der Waals surface area (Å²) in [5.74, 6) is -1.58. The number of nitrogens with one attached hydrogen (secondary N) is 2. The van der Waals surface area contributed by atoms with Crippen LogP contribution in [0.3, 0.4) is 0 Å². The standard InChI is InChI=1S/C14H19F2N3O/c1-17-13-11(15)5-10(6-12(13)16)14(20)18-7-9-3-4-19(2)8-9/h5-6,9,17H,3-4,7-8H2,1-2H3,(H,18,20). The molecule has 2 N–H and O–H groups in total. The quantitative estimate of drug-likeness (QED) is 0.884. The van der Waals surface area contributed by atoms with Crippen molar-refractivity contribution in [3.63, 3.8) is 0 Å². The molecule has 1 heterocycles. The van der Waals surface area contributed by atoms with E-state index < -0.39 is 17.5 Å². The second-order valence-electron chi connectivity index (χ2n) is 5.19. The van der Waals surface area contributed by atoms with Gasteiger partial charge in [-0.05, 0) is 38.1 Å². The molecule has 6 heteroatoms. The first-order valence-corrected chi connectivity index (χ1v) is 6.64. The summed E-state index contributed by atoms with van der Waals surface area (Å²) in [6.45, 7) is 2.47. The van der Waals surface area contributed by atoms with Crippen LogP contribution in [0.25, 0.3) is 0 Å². The number of benzene rings is 1. The van der Waals surface area contributed by atoms with Crippen LogP contribution in [0.2, 0.25) is 0 Å². The van der Waals surface area contributed by atoms with Gasteiger partial charge in [0.25, 0.3) is 5.91 Å². The summed E-state index contributed by atoms with van der Waals surface area (Å²) < 4.78 is 27.1. The van der Waals surface area contributed by atoms with Crippen molar-refractivity contribution >= 4 is 11.6 Å². The zero-order chi connectivity index (χ0) is 14.7. The fourth-order valence-corrected chi connectivity index (χ4v) is 2.48. The molecule has 1 aliphatic heterocycles. The van der Waals surface area contributed by atoms with Crippen LogP contribution in [0.4, 0.5) is 14.5 Å². The molecule has 20 heavy (non-hydrogen) atoms. The maximum atomic E-state index is 13.6. The highest BCUT2D eigenvalue weighted by molar-refractivity contribution is 5.94. The van der Waals surface area contributed by atoms with Crippen LogP contribution in [0.5, 0.6) is 0 Å². The maximum Gasteiger partial charge on any atom is 0.251 e. The van der Waals surface area contributed by atoms with Crippen LogP contribution in [0.15, 0.2) is 12.1 Å². The Labute approximate surface area is 117 Å². The maximum absolute atomic E-state index is 13.6. The van der Waals surface area contributed by atoms with Gasteiger partial charge in [0, 0.05) is 25.7 Å². The van der Waals surface area contributed by atoms with Gasteiger partial charge in [0.05, 0.1) is 0 Å². The Morgan fingerprint density at radius 2 is 2.05 bits per heavy atom. The van der Waals surface area contributed by atoms with Crippen LogP contribution in [-0.2, 0) is 0 Å². The predicted molar refractivity (Wildman–Crippen MR) is 73.8 cm³/mol. The Morgan fingerprint density at radius 3 is 2.55 bits per heavy atom. The molecule has 0 aliphatic carbocycles. The zero-order valence-electron chi connectivity index (χ0n) is 11.7. The number of hydrogen-bond acceptors (Lipinski definition) is 3. The molecule has 0 saturated carbocycles. The van der Waals surface area contributed by atoms with E-state index in [0.29, 0.717) is 12.5 Å². The summed E-state index contributed by atoms with van der Waals surface area (Å²) in [6.07, 6.45) is 1.03. The Hall–Kier alpha value is -1.69. The number of halogens is 2. The fraction of sp³-hybridized carbons (Fsp3) is 0.500. The van der Waals surface area contributed by atoms with Gasteiger partial charge in [-0.2, -0.15) is 0 Å². The van der Waals surface area contributed by atoms with Crippen molar-refractivity contribution in [2.45, 2.75) is 6.42 Å². The van der Waals surface area contributed by atoms with E-state index >= 15 is 0 Å². The molecule has 1 atom stereocenters. The second-order valence-corrected chi connectivity index (χ2v) is 5.19. The van der Waals surface area contributed by atoms with Crippen LogP contribution in [0.1, 0.15) is 16.8 Å². The van der Waals surface area contributed by atoms with Gasteiger partial charge in [-0.3, -0.25) is 4.79 Å². The van der Waals surface area contributed by atoms with Crippen molar-refractivity contribution in [2.75, 3.05) is 39.0 Å². The molecule has 1 aliphatic rings. The van der Waals surface area contributed by atoms with E-state index in [0.717, 1.165) is 31.6 Å². The summed E-state index contributed by atoms with van der Waals surface area (Å²) in [4.78, 5) is 14.1. The third-order valence-corrected chi connectivity index (χ3v) is 3.59. The number of likely N-dealkylation sites (tertiary alicyclic amines) is 1. The summed E-state index contributed by atoms with van der Waals surface area (Å²) >= 11 is 0. The lowest BCUT2D eigenvalue weighted by atomic mass is 10.1. The largest absolute Gasteiger partial charge is 0.383 e. The van der Waals surface area contributed by atoms with Crippen LogP contribution in [-0.4, -0.2) is 44.5 Å². The van der Waals surface area contributed by atoms with E-state index in [1.807, 2.05) is 7.05 Å². The van der Waals surface area contributed by atoms with Crippen molar-refractivity contribution in [3.05, 3.63) is 29.3 Å². The van der Waals surface area contributed by atoms with Crippen molar-refractivity contribution in [1.82, 2.24) is 10.2 Å². The van der Waals surface area contributed by atoms with Gasteiger partial charge in [-0.25, -0.2) is 8.78 Å². The highest BCUT2D eigenvalue weighted by Crippen LogP contribution is 2.20. The van der Waals surface area contributed by atoms with Gasteiger partial charge in [0.2, 0.25) is 0 Å². The van der Waals surface area contributed by atoms with E-state index in [-0.39, 0.29) is 11.3 Å². The normalized spacial score (nSPS) is 19.1. The number of carbonyl (C=O) groups excluding carboxylic acids is 1. The molecule has 1 amide bonds. The molecule has 110 valence electrons. The van der Waals surface area contributed by atoms with Crippen LogP contribution >= 0.6 is 0 Å². The summed E-state index contributed by atoms with van der Waals surface area (Å²) in [6, 6.07) is 2.09. The van der Waals surface area contributed by atoms with Gasteiger partial charge in [-0.15, -0.1) is 0 Å². The molecule has 0 bridgehead atoms. The Kier molecular flexibility index (Phi) is 4.54. The second kappa shape index (κ2) is 6.17. The number of rotatable bonds is 4. The zero-order valence-corrected chi connectivity index (χ0v) is 11.7. The number of carbonyl (C=O) groups is 1. The first-order valence-electron chi connectivity index (χ1n) is 6.64. The molecule has 1 aromatic carbocycles. The van der Waals surface area contributed by atoms with E-state index in [2.05, 4.69) is 15.5 Å². The minimum absolute atomic E-state index is 0.00496. The minimum Gasteiger partial charge on any atom is -0.383 e. The van der Waals surface area contributed by atoms with Gasteiger partial charge in [0.1, 0.15) is 17.3 Å². The highest BCUT2D eigenvalue weighted by atomic mass is 19.1. The number of hydrogen-bond donors (Lipinski definition) is 2. The average Bonchev–Trinajstić information content (AvgIpc) is 2.81. The highest BCUT2D eigenvalue weighted by Gasteiger charge is 2.20. The van der Waals surface area contributed by atoms with Crippen LogP contribution in [0, 0.1) is 17.6 Å². The molecule has 2 rings (SSSR count). The molecule has 1 unspecified atom stereocenters. The molecular weight excluding hydrogens is 264 g/mol. The SMILES string of the molecule is CNc1c(F)cc(C(=O)NCC2CCN(C)C2)cc1F. The topological polar surface area (TPSA) is 44.4 Å². The summed E-state index contributed by atoms with van der Waals surface area (Å²) in [5, 5.41) is 5.16. The summed E-state index contributed by atoms with van der Waals surface area (Å²) in [7, 11) is 3.46. The number of nitrogens with zero attached hydrogens (tertiary/aromatic N) is 1. The van der Waals surface area contributed by atoms with Crippen molar-refractivity contribution < 1.29 is 13.6 Å². The predicted octanol–water partition coefficient (Wildman–Crippen LogP) is 1.69. The first kappa shape index (κ1) is 14.7. The Morgan fingerprint density at radius 1 is 1.40 bits per heavy atom. The molecule has 0 aromatic heterocycles. The van der Waals surface area contributed by atoms with Crippen molar-refractivity contribution in [1.29, 1.82) is 0 Å². The van der Waals surface area contributed by atoms with E-state index in [9.17, 15) is 13.6 Å². The van der Waals surface area contributed by atoms with E-state index in [1.54, 1.807) is 0 Å². The molecule has 0 spiro atoms. The first-order chi connectivity index (χ1) is 9.51. The van der Waals surface area contributed by atoms with Crippen molar-refractivity contribution in [3.8, 4) is 0 Å². The molecule has 0 radical (unpaired) electrons. The molecular formula is C14H19F2N3O. The molecule has 1 saturated heterocycles.